The second-order valence-electron chi connectivity index (χ2n) is 4.91. The molecule has 0 radical (unpaired) electrons. The second kappa shape index (κ2) is 5.04. The smallest absolute Gasteiger partial charge is 0.109 e. The molecule has 0 amide bonds. The molecule has 1 saturated heterocycles. The number of fused-ring (bicyclic) bond motifs is 2. The first-order valence-electron chi connectivity index (χ1n) is 6.18. The molecule has 1 heterocycles. The van der Waals surface area contributed by atoms with Crippen molar-refractivity contribution in [2.45, 2.75) is 62.7 Å². The van der Waals surface area contributed by atoms with E-state index in [1.165, 1.54) is 32.1 Å². The zero-order valence-corrected chi connectivity index (χ0v) is 10.3. The van der Waals surface area contributed by atoms with Crippen LogP contribution in [0.25, 0.3) is 0 Å². The third-order valence-electron chi connectivity index (χ3n) is 3.80. The molecule has 2 aliphatic rings. The Morgan fingerprint density at radius 2 is 2.13 bits per heavy atom. The van der Waals surface area contributed by atoms with Crippen molar-refractivity contribution in [1.82, 2.24) is 10.6 Å². The van der Waals surface area contributed by atoms with Crippen LogP contribution in [0.2, 0.25) is 0 Å². The number of thiol groups is 1. The monoisotopic (exact) mass is 229 g/mol. The summed E-state index contributed by atoms with van der Waals surface area (Å²) < 4.78 is 0. The molecule has 5 unspecified atom stereocenters. The van der Waals surface area contributed by atoms with Crippen LogP contribution in [-0.2, 0) is 0 Å². The van der Waals surface area contributed by atoms with Crippen LogP contribution in [0.1, 0.15) is 39.0 Å². The molecule has 1 saturated carbocycles. The summed E-state index contributed by atoms with van der Waals surface area (Å²) in [6, 6.07) is 0.994. The Morgan fingerprint density at radius 1 is 1.33 bits per heavy atom. The first kappa shape index (κ1) is 11.7. The summed E-state index contributed by atoms with van der Waals surface area (Å²) in [5, 5.41) is 7.27. The first-order chi connectivity index (χ1) is 7.22. The Bertz CT molecular complexity index is 212. The van der Waals surface area contributed by atoms with Gasteiger partial charge in [-0.15, -0.1) is 0 Å². The Morgan fingerprint density at radius 3 is 2.87 bits per heavy atom. The van der Waals surface area contributed by atoms with Crippen LogP contribution >= 0.6 is 12.6 Å². The lowest BCUT2D eigenvalue weighted by Gasteiger charge is -2.41. The van der Waals surface area contributed by atoms with Gasteiger partial charge in [-0.3, -0.25) is 10.6 Å². The number of nitrogens with two attached hydrogens (primary N) is 1. The van der Waals surface area contributed by atoms with E-state index in [2.05, 4.69) is 17.6 Å². The predicted octanol–water partition coefficient (Wildman–Crippen LogP) is 1.06. The quantitative estimate of drug-likeness (QED) is 0.536. The van der Waals surface area contributed by atoms with Gasteiger partial charge < -0.3 is 5.73 Å². The number of nitrogens with one attached hydrogen (secondary N) is 2. The lowest BCUT2D eigenvalue weighted by atomic mass is 9.89. The SMILES string of the molecule is CCCC1CCCC2NC(N)NC1C2S. The predicted molar refractivity (Wildman–Crippen MR) is 66.8 cm³/mol. The number of rotatable bonds is 2. The van der Waals surface area contributed by atoms with Gasteiger partial charge in [0.15, 0.2) is 0 Å². The van der Waals surface area contributed by atoms with Gasteiger partial charge >= 0.3 is 0 Å². The van der Waals surface area contributed by atoms with Crippen molar-refractivity contribution in [3.8, 4) is 0 Å². The standard InChI is InChI=1S/C11H23N3S/c1-2-4-7-5-3-6-8-10(15)9(7)14-11(12)13-8/h7-11,13-15H,2-6,12H2,1H3. The van der Waals surface area contributed by atoms with E-state index in [0.717, 1.165) is 5.92 Å². The molecule has 1 aliphatic heterocycles. The molecule has 2 fully saturated rings. The van der Waals surface area contributed by atoms with Gasteiger partial charge in [-0.1, -0.05) is 19.8 Å². The lowest BCUT2D eigenvalue weighted by molar-refractivity contribution is 0.213. The topological polar surface area (TPSA) is 50.1 Å². The van der Waals surface area contributed by atoms with Crippen molar-refractivity contribution in [2.75, 3.05) is 0 Å². The van der Waals surface area contributed by atoms with E-state index in [1.54, 1.807) is 0 Å². The molecule has 3 nitrogen and oxygen atoms in total. The Labute approximate surface area is 98.0 Å². The molecule has 0 aromatic heterocycles. The Kier molecular flexibility index (Phi) is 3.93. The molecule has 2 bridgehead atoms. The van der Waals surface area contributed by atoms with Crippen LogP contribution in [0.5, 0.6) is 0 Å². The Balaban J connectivity index is 2.09. The van der Waals surface area contributed by atoms with Gasteiger partial charge in [-0.25, -0.2) is 0 Å². The molecule has 4 heteroatoms. The molecule has 15 heavy (non-hydrogen) atoms. The molecule has 2 rings (SSSR count). The maximum absolute atomic E-state index is 5.96. The fourth-order valence-electron chi connectivity index (χ4n) is 3.08. The summed E-state index contributed by atoms with van der Waals surface area (Å²) in [4.78, 5) is 0. The first-order valence-corrected chi connectivity index (χ1v) is 6.69. The maximum Gasteiger partial charge on any atom is 0.109 e. The number of hydrogen-bond donors (Lipinski definition) is 4. The third kappa shape index (κ3) is 2.49. The van der Waals surface area contributed by atoms with E-state index in [4.69, 9.17) is 18.4 Å². The molecular weight excluding hydrogens is 206 g/mol. The van der Waals surface area contributed by atoms with Crippen LogP contribution in [0, 0.1) is 5.92 Å². The third-order valence-corrected chi connectivity index (χ3v) is 4.48. The second-order valence-corrected chi connectivity index (χ2v) is 5.51. The zero-order chi connectivity index (χ0) is 10.8. The van der Waals surface area contributed by atoms with Gasteiger partial charge in [0.05, 0.1) is 0 Å². The summed E-state index contributed by atoms with van der Waals surface area (Å²) >= 11 is 4.76. The zero-order valence-electron chi connectivity index (χ0n) is 9.45. The van der Waals surface area contributed by atoms with Crippen LogP contribution in [0.15, 0.2) is 0 Å². The highest BCUT2D eigenvalue weighted by molar-refractivity contribution is 7.81. The fraction of sp³-hybridized carbons (Fsp3) is 1.00. The van der Waals surface area contributed by atoms with E-state index in [-0.39, 0.29) is 6.29 Å². The van der Waals surface area contributed by atoms with Gasteiger partial charge in [-0.05, 0) is 25.2 Å². The molecule has 1 aliphatic carbocycles. The summed E-state index contributed by atoms with van der Waals surface area (Å²) in [7, 11) is 0. The van der Waals surface area contributed by atoms with Crippen LogP contribution in [0.3, 0.4) is 0 Å². The highest BCUT2D eigenvalue weighted by Gasteiger charge is 2.39. The minimum absolute atomic E-state index is 0.0409. The normalized spacial score (nSPS) is 46.2. The summed E-state index contributed by atoms with van der Waals surface area (Å²) in [6.45, 7) is 2.26. The highest BCUT2D eigenvalue weighted by atomic mass is 32.1. The van der Waals surface area contributed by atoms with Crippen molar-refractivity contribution in [2.24, 2.45) is 11.7 Å². The molecule has 5 atom stereocenters. The Hall–Kier alpha value is 0.230. The highest BCUT2D eigenvalue weighted by Crippen LogP contribution is 2.32. The van der Waals surface area contributed by atoms with Gasteiger partial charge in [0, 0.05) is 17.3 Å². The molecule has 4 N–H and O–H groups in total. The van der Waals surface area contributed by atoms with E-state index < -0.39 is 0 Å². The molecular formula is C11H23N3S. The van der Waals surface area contributed by atoms with Crippen molar-refractivity contribution in [3.05, 3.63) is 0 Å². The van der Waals surface area contributed by atoms with Crippen molar-refractivity contribution < 1.29 is 0 Å². The molecule has 88 valence electrons. The number of hydrogen-bond acceptors (Lipinski definition) is 4. The molecule has 0 aromatic carbocycles. The van der Waals surface area contributed by atoms with Gasteiger partial charge in [0.1, 0.15) is 6.29 Å². The van der Waals surface area contributed by atoms with Gasteiger partial charge in [0.25, 0.3) is 0 Å². The lowest BCUT2D eigenvalue weighted by Crippen LogP contribution is -2.68. The summed E-state index contributed by atoms with van der Waals surface area (Å²) in [5.74, 6) is 0.760. The van der Waals surface area contributed by atoms with E-state index in [0.29, 0.717) is 17.3 Å². The van der Waals surface area contributed by atoms with Crippen LogP contribution < -0.4 is 16.4 Å². The largest absolute Gasteiger partial charge is 0.304 e. The average molecular weight is 229 g/mol. The van der Waals surface area contributed by atoms with Crippen molar-refractivity contribution >= 4 is 12.6 Å². The van der Waals surface area contributed by atoms with Crippen LogP contribution in [0.4, 0.5) is 0 Å². The van der Waals surface area contributed by atoms with Crippen molar-refractivity contribution in [3.63, 3.8) is 0 Å². The van der Waals surface area contributed by atoms with Crippen molar-refractivity contribution in [1.29, 1.82) is 0 Å². The minimum Gasteiger partial charge on any atom is -0.304 e. The fourth-order valence-corrected chi connectivity index (χ4v) is 3.64. The average Bonchev–Trinajstić information content (AvgIpc) is 2.31. The van der Waals surface area contributed by atoms with Gasteiger partial charge in [0.2, 0.25) is 0 Å². The van der Waals surface area contributed by atoms with E-state index in [1.807, 2.05) is 0 Å². The summed E-state index contributed by atoms with van der Waals surface area (Å²) in [6.07, 6.45) is 6.38. The summed E-state index contributed by atoms with van der Waals surface area (Å²) in [5.41, 5.74) is 5.96. The minimum atomic E-state index is -0.0409. The molecule has 0 aromatic rings. The van der Waals surface area contributed by atoms with E-state index >= 15 is 0 Å². The molecule has 0 spiro atoms. The van der Waals surface area contributed by atoms with Gasteiger partial charge in [-0.2, -0.15) is 12.6 Å². The maximum atomic E-state index is 5.96. The van der Waals surface area contributed by atoms with Crippen LogP contribution in [-0.4, -0.2) is 23.6 Å². The van der Waals surface area contributed by atoms with E-state index in [9.17, 15) is 0 Å².